The molecule has 5 heteroatoms. The summed E-state index contributed by atoms with van der Waals surface area (Å²) in [4.78, 5) is 13.0. The Labute approximate surface area is 140 Å². The van der Waals surface area contributed by atoms with Crippen LogP contribution in [0.5, 0.6) is 5.75 Å². The number of benzene rings is 2. The topological polar surface area (TPSA) is 38.3 Å². The van der Waals surface area contributed by atoms with E-state index in [1.807, 2.05) is 31.2 Å². The molecule has 0 aromatic heterocycles. The van der Waals surface area contributed by atoms with E-state index in [0.29, 0.717) is 6.54 Å². The van der Waals surface area contributed by atoms with Gasteiger partial charge in [0.1, 0.15) is 11.6 Å². The van der Waals surface area contributed by atoms with Gasteiger partial charge in [-0.05, 0) is 55.3 Å². The highest BCUT2D eigenvalue weighted by molar-refractivity contribution is 8.00. The molecular formula is C18H20FNO2S. The Morgan fingerprint density at radius 3 is 2.43 bits per heavy atom. The third-order valence-electron chi connectivity index (χ3n) is 3.37. The number of halogens is 1. The van der Waals surface area contributed by atoms with Crippen molar-refractivity contribution in [3.8, 4) is 5.75 Å². The Kier molecular flexibility index (Phi) is 6.47. The van der Waals surface area contributed by atoms with Gasteiger partial charge in [0.25, 0.3) is 0 Å². The van der Waals surface area contributed by atoms with E-state index < -0.39 is 0 Å². The lowest BCUT2D eigenvalue weighted by atomic mass is 10.1. The lowest BCUT2D eigenvalue weighted by Gasteiger charge is -2.12. The minimum atomic E-state index is -0.272. The molecule has 0 aliphatic heterocycles. The molecule has 1 unspecified atom stereocenters. The molecule has 0 saturated heterocycles. The highest BCUT2D eigenvalue weighted by Gasteiger charge is 2.13. The first-order valence-electron chi connectivity index (χ1n) is 7.41. The smallest absolute Gasteiger partial charge is 0.233 e. The molecule has 0 aliphatic rings. The minimum Gasteiger partial charge on any atom is -0.497 e. The van der Waals surface area contributed by atoms with E-state index in [1.165, 1.54) is 23.9 Å². The van der Waals surface area contributed by atoms with Crippen LogP contribution < -0.4 is 10.1 Å². The number of methoxy groups -OCH3 is 1. The highest BCUT2D eigenvalue weighted by Crippen LogP contribution is 2.23. The zero-order valence-corrected chi connectivity index (χ0v) is 14.0. The second kappa shape index (κ2) is 8.58. The number of amides is 1. The fraction of sp³-hybridized carbons (Fsp3) is 0.278. The van der Waals surface area contributed by atoms with Gasteiger partial charge in [-0.15, -0.1) is 11.8 Å². The van der Waals surface area contributed by atoms with Gasteiger partial charge in [0.15, 0.2) is 0 Å². The summed E-state index contributed by atoms with van der Waals surface area (Å²) in [6, 6.07) is 14.0. The Morgan fingerprint density at radius 1 is 1.17 bits per heavy atom. The highest BCUT2D eigenvalue weighted by atomic mass is 32.2. The van der Waals surface area contributed by atoms with Crippen LogP contribution in [0.2, 0.25) is 0 Å². The number of hydrogen-bond donors (Lipinski definition) is 1. The summed E-state index contributed by atoms with van der Waals surface area (Å²) < 4.78 is 18.0. The molecule has 2 aromatic rings. The van der Waals surface area contributed by atoms with Crippen LogP contribution in [0, 0.1) is 5.82 Å². The van der Waals surface area contributed by atoms with Crippen LogP contribution in [0.25, 0.3) is 0 Å². The molecule has 1 atom stereocenters. The fourth-order valence-corrected chi connectivity index (χ4v) is 2.93. The van der Waals surface area contributed by atoms with Crippen molar-refractivity contribution in [1.29, 1.82) is 0 Å². The molecule has 0 aliphatic carbocycles. The summed E-state index contributed by atoms with van der Waals surface area (Å²) in [6.45, 7) is 2.43. The van der Waals surface area contributed by atoms with E-state index in [4.69, 9.17) is 4.74 Å². The lowest BCUT2D eigenvalue weighted by Crippen LogP contribution is -2.32. The molecule has 0 bridgehead atoms. The van der Waals surface area contributed by atoms with Gasteiger partial charge in [-0.1, -0.05) is 12.1 Å². The van der Waals surface area contributed by atoms with Crippen molar-refractivity contribution < 1.29 is 13.9 Å². The Bertz CT molecular complexity index is 628. The predicted octanol–water partition coefficient (Wildman–Crippen LogP) is 3.67. The number of ether oxygens (including phenoxy) is 1. The van der Waals surface area contributed by atoms with E-state index in [0.717, 1.165) is 22.6 Å². The molecule has 23 heavy (non-hydrogen) atoms. The normalized spacial score (nSPS) is 11.8. The van der Waals surface area contributed by atoms with Crippen molar-refractivity contribution in [1.82, 2.24) is 5.32 Å². The first-order chi connectivity index (χ1) is 11.1. The van der Waals surface area contributed by atoms with Crippen LogP contribution in [0.3, 0.4) is 0 Å². The van der Waals surface area contributed by atoms with Crippen molar-refractivity contribution in [2.75, 3.05) is 13.7 Å². The molecule has 1 amide bonds. The van der Waals surface area contributed by atoms with E-state index in [9.17, 15) is 9.18 Å². The van der Waals surface area contributed by atoms with Gasteiger partial charge in [-0.2, -0.15) is 0 Å². The van der Waals surface area contributed by atoms with Crippen LogP contribution in [0.4, 0.5) is 4.39 Å². The van der Waals surface area contributed by atoms with Crippen LogP contribution >= 0.6 is 11.8 Å². The van der Waals surface area contributed by atoms with Crippen LogP contribution in [0.15, 0.2) is 53.4 Å². The molecular weight excluding hydrogens is 313 g/mol. The Morgan fingerprint density at radius 2 is 1.83 bits per heavy atom. The quantitative estimate of drug-likeness (QED) is 0.786. The SMILES string of the molecule is COc1ccc(CCNC(=O)C(C)Sc2ccc(F)cc2)cc1. The molecule has 2 aromatic carbocycles. The summed E-state index contributed by atoms with van der Waals surface area (Å²) >= 11 is 1.42. The minimum absolute atomic E-state index is 0.0205. The first kappa shape index (κ1) is 17.3. The molecule has 0 spiro atoms. The molecule has 0 heterocycles. The van der Waals surface area contributed by atoms with Gasteiger partial charge in [0.2, 0.25) is 5.91 Å². The maximum atomic E-state index is 12.9. The van der Waals surface area contributed by atoms with Gasteiger partial charge in [0.05, 0.1) is 12.4 Å². The predicted molar refractivity (Wildman–Crippen MR) is 91.4 cm³/mol. The van der Waals surface area contributed by atoms with Crippen molar-refractivity contribution in [3.63, 3.8) is 0 Å². The van der Waals surface area contributed by atoms with Crippen molar-refractivity contribution in [2.45, 2.75) is 23.5 Å². The van der Waals surface area contributed by atoms with Crippen molar-refractivity contribution in [3.05, 3.63) is 59.9 Å². The second-order valence-corrected chi connectivity index (χ2v) is 6.52. The molecule has 1 N–H and O–H groups in total. The zero-order valence-electron chi connectivity index (χ0n) is 13.2. The number of carbonyl (C=O) groups is 1. The van der Waals surface area contributed by atoms with Gasteiger partial charge >= 0.3 is 0 Å². The Balaban J connectivity index is 1.75. The van der Waals surface area contributed by atoms with E-state index in [2.05, 4.69) is 5.32 Å². The van der Waals surface area contributed by atoms with Crippen LogP contribution in [-0.2, 0) is 11.2 Å². The zero-order chi connectivity index (χ0) is 16.7. The molecule has 2 rings (SSSR count). The third-order valence-corrected chi connectivity index (χ3v) is 4.48. The largest absolute Gasteiger partial charge is 0.497 e. The van der Waals surface area contributed by atoms with Gasteiger partial charge in [-0.3, -0.25) is 4.79 Å². The summed E-state index contributed by atoms with van der Waals surface area (Å²) in [7, 11) is 1.63. The average molecular weight is 333 g/mol. The summed E-state index contributed by atoms with van der Waals surface area (Å²) in [5.74, 6) is 0.529. The van der Waals surface area contributed by atoms with E-state index >= 15 is 0 Å². The number of rotatable bonds is 7. The van der Waals surface area contributed by atoms with Gasteiger partial charge in [-0.25, -0.2) is 4.39 Å². The number of thioether (sulfide) groups is 1. The number of hydrogen-bond acceptors (Lipinski definition) is 3. The van der Waals surface area contributed by atoms with E-state index in [-0.39, 0.29) is 17.0 Å². The molecule has 0 fully saturated rings. The maximum absolute atomic E-state index is 12.9. The van der Waals surface area contributed by atoms with Crippen LogP contribution in [0.1, 0.15) is 12.5 Å². The molecule has 3 nitrogen and oxygen atoms in total. The maximum Gasteiger partial charge on any atom is 0.233 e. The monoisotopic (exact) mass is 333 g/mol. The van der Waals surface area contributed by atoms with Gasteiger partial charge < -0.3 is 10.1 Å². The number of carbonyl (C=O) groups excluding carboxylic acids is 1. The first-order valence-corrected chi connectivity index (χ1v) is 8.29. The van der Waals surface area contributed by atoms with Crippen molar-refractivity contribution >= 4 is 17.7 Å². The van der Waals surface area contributed by atoms with Gasteiger partial charge in [0, 0.05) is 11.4 Å². The van der Waals surface area contributed by atoms with E-state index in [1.54, 1.807) is 19.2 Å². The Hall–Kier alpha value is -2.01. The second-order valence-electron chi connectivity index (χ2n) is 5.10. The lowest BCUT2D eigenvalue weighted by molar-refractivity contribution is -0.120. The average Bonchev–Trinajstić information content (AvgIpc) is 2.57. The number of nitrogens with one attached hydrogen (secondary N) is 1. The fourth-order valence-electron chi connectivity index (χ4n) is 2.04. The summed E-state index contributed by atoms with van der Waals surface area (Å²) in [5.41, 5.74) is 1.14. The standard InChI is InChI=1S/C18H20FNO2S/c1-13(23-17-9-5-15(19)6-10-17)18(21)20-12-11-14-3-7-16(22-2)8-4-14/h3-10,13H,11-12H2,1-2H3,(H,20,21). The third kappa shape index (κ3) is 5.60. The molecule has 0 radical (unpaired) electrons. The van der Waals surface area contributed by atoms with Crippen LogP contribution in [-0.4, -0.2) is 24.8 Å². The summed E-state index contributed by atoms with van der Waals surface area (Å²) in [6.07, 6.45) is 0.768. The molecule has 0 saturated carbocycles. The molecule has 122 valence electrons. The van der Waals surface area contributed by atoms with Crippen molar-refractivity contribution in [2.24, 2.45) is 0 Å². The summed E-state index contributed by atoms with van der Waals surface area (Å²) in [5, 5.41) is 2.70.